The topological polar surface area (TPSA) is 87.0 Å². The predicted octanol–water partition coefficient (Wildman–Crippen LogP) is 2.86. The van der Waals surface area contributed by atoms with Crippen molar-refractivity contribution in [2.75, 3.05) is 27.6 Å². The van der Waals surface area contributed by atoms with Crippen LogP contribution in [0.1, 0.15) is 31.4 Å². The first-order valence-electron chi connectivity index (χ1n) is 7.98. The van der Waals surface area contributed by atoms with Crippen molar-refractivity contribution < 1.29 is 28.5 Å². The fraction of sp³-hybridized carbons (Fsp3) is 0.444. The van der Waals surface area contributed by atoms with Gasteiger partial charge in [0.2, 0.25) is 18.3 Å². The number of benzene rings is 1. The Morgan fingerprint density at radius 2 is 1.84 bits per heavy atom. The summed E-state index contributed by atoms with van der Waals surface area (Å²) in [7, 11) is 3.03. The summed E-state index contributed by atoms with van der Waals surface area (Å²) in [5.41, 5.74) is 1.21. The normalized spacial score (nSPS) is 12.5. The third-order valence-corrected chi connectivity index (χ3v) is 3.68. The van der Waals surface area contributed by atoms with Gasteiger partial charge in [0.15, 0.2) is 11.5 Å². The first-order valence-corrected chi connectivity index (χ1v) is 7.98. The summed E-state index contributed by atoms with van der Waals surface area (Å²) in [4.78, 5) is 12.0. The molecule has 0 fully saturated rings. The maximum atomic E-state index is 12.0. The summed E-state index contributed by atoms with van der Waals surface area (Å²) in [6.45, 7) is 3.92. The third-order valence-electron chi connectivity index (χ3n) is 3.68. The van der Waals surface area contributed by atoms with Gasteiger partial charge in [0.05, 0.1) is 20.8 Å². The molecule has 0 aromatic heterocycles. The highest BCUT2D eigenvalue weighted by Crippen LogP contribution is 2.53. The fourth-order valence-corrected chi connectivity index (χ4v) is 2.69. The molecule has 0 N–H and O–H groups in total. The molecule has 134 valence electrons. The number of nitriles is 1. The van der Waals surface area contributed by atoms with Crippen LogP contribution in [0.2, 0.25) is 0 Å². The van der Waals surface area contributed by atoms with Crippen molar-refractivity contribution in [1.29, 1.82) is 5.26 Å². The van der Waals surface area contributed by atoms with Crippen molar-refractivity contribution in [2.45, 2.75) is 26.7 Å². The van der Waals surface area contributed by atoms with E-state index in [0.717, 1.165) is 12.0 Å². The van der Waals surface area contributed by atoms with Gasteiger partial charge in [-0.25, -0.2) is 4.79 Å². The second-order valence-electron chi connectivity index (χ2n) is 5.16. The Bertz CT molecular complexity index is 732. The van der Waals surface area contributed by atoms with E-state index in [4.69, 9.17) is 23.7 Å². The maximum Gasteiger partial charge on any atom is 0.348 e. The molecule has 0 saturated heterocycles. The van der Waals surface area contributed by atoms with Crippen LogP contribution in [0, 0.1) is 11.3 Å². The second kappa shape index (κ2) is 8.29. The van der Waals surface area contributed by atoms with Gasteiger partial charge in [-0.15, -0.1) is 0 Å². The van der Waals surface area contributed by atoms with Crippen molar-refractivity contribution >= 4 is 12.0 Å². The van der Waals surface area contributed by atoms with Crippen LogP contribution >= 0.6 is 0 Å². The molecule has 1 aliphatic rings. The number of carbonyl (C=O) groups excluding carboxylic acids is 1. The molecule has 25 heavy (non-hydrogen) atoms. The molecule has 1 aromatic rings. The van der Waals surface area contributed by atoms with Crippen LogP contribution in [0.3, 0.4) is 0 Å². The summed E-state index contributed by atoms with van der Waals surface area (Å²) < 4.78 is 27.0. The Labute approximate surface area is 146 Å². The summed E-state index contributed by atoms with van der Waals surface area (Å²) in [6, 6.07) is 1.88. The van der Waals surface area contributed by atoms with E-state index in [9.17, 15) is 10.1 Å². The zero-order chi connectivity index (χ0) is 18.4. The molecule has 0 spiro atoms. The largest absolute Gasteiger partial charge is 0.492 e. The van der Waals surface area contributed by atoms with Crippen molar-refractivity contribution in [3.05, 3.63) is 16.7 Å². The molecule has 1 aliphatic heterocycles. The molecular formula is C18H21NO6. The number of fused-ring (bicyclic) bond motifs is 1. The Hall–Kier alpha value is -2.88. The Balaban J connectivity index is 2.74. The van der Waals surface area contributed by atoms with Gasteiger partial charge in [-0.05, 0) is 19.4 Å². The summed E-state index contributed by atoms with van der Waals surface area (Å²) in [6.07, 6.45) is 2.91. The Morgan fingerprint density at radius 1 is 1.20 bits per heavy atom. The number of ether oxygens (including phenoxy) is 5. The molecule has 7 nitrogen and oxygen atoms in total. The molecule has 0 saturated carbocycles. The minimum Gasteiger partial charge on any atom is -0.492 e. The van der Waals surface area contributed by atoms with E-state index in [1.165, 1.54) is 20.3 Å². The van der Waals surface area contributed by atoms with Crippen LogP contribution in [0.15, 0.2) is 5.57 Å². The van der Waals surface area contributed by atoms with Crippen LogP contribution < -0.4 is 18.9 Å². The van der Waals surface area contributed by atoms with Gasteiger partial charge in [0.1, 0.15) is 11.6 Å². The highest BCUT2D eigenvalue weighted by atomic mass is 16.7. The van der Waals surface area contributed by atoms with Crippen molar-refractivity contribution in [2.24, 2.45) is 0 Å². The molecule has 0 unspecified atom stereocenters. The van der Waals surface area contributed by atoms with E-state index < -0.39 is 5.97 Å². The number of rotatable bonds is 7. The first kappa shape index (κ1) is 18.5. The Morgan fingerprint density at radius 3 is 2.36 bits per heavy atom. The first-order chi connectivity index (χ1) is 12.1. The van der Waals surface area contributed by atoms with Gasteiger partial charge in [0.25, 0.3) is 0 Å². The summed E-state index contributed by atoms with van der Waals surface area (Å²) in [5.74, 6) is 1.09. The second-order valence-corrected chi connectivity index (χ2v) is 5.16. The van der Waals surface area contributed by atoms with E-state index in [0.29, 0.717) is 35.0 Å². The van der Waals surface area contributed by atoms with E-state index >= 15 is 0 Å². The molecule has 0 bridgehead atoms. The molecular weight excluding hydrogens is 326 g/mol. The smallest absolute Gasteiger partial charge is 0.348 e. The standard InChI is InChI=1S/C18H21NO6/c1-5-7-12-13(8-11(9-19)18(20)23-6-2)15(22-4)17-16(14(12)21-3)24-10-25-17/h8H,5-7,10H2,1-4H3/b11-8+. The average molecular weight is 347 g/mol. The minimum absolute atomic E-state index is 0.0454. The van der Waals surface area contributed by atoms with E-state index in [-0.39, 0.29) is 19.0 Å². The Kier molecular flexibility index (Phi) is 6.12. The SMILES string of the molecule is CCCc1c(/C=C(\C#N)C(=O)OCC)c(OC)c2c(c1OC)OCO2. The highest BCUT2D eigenvalue weighted by Gasteiger charge is 2.31. The molecule has 1 heterocycles. The number of methoxy groups -OCH3 is 2. The van der Waals surface area contributed by atoms with Crippen LogP contribution in [0.5, 0.6) is 23.0 Å². The number of carbonyl (C=O) groups is 1. The zero-order valence-electron chi connectivity index (χ0n) is 14.8. The molecule has 2 rings (SSSR count). The molecule has 0 radical (unpaired) electrons. The molecule has 1 aromatic carbocycles. The van der Waals surface area contributed by atoms with Gasteiger partial charge in [-0.3, -0.25) is 0 Å². The van der Waals surface area contributed by atoms with E-state index in [1.54, 1.807) is 6.92 Å². The summed E-state index contributed by atoms with van der Waals surface area (Å²) >= 11 is 0. The van der Waals surface area contributed by atoms with E-state index in [2.05, 4.69) is 0 Å². The monoisotopic (exact) mass is 347 g/mol. The minimum atomic E-state index is -0.689. The van der Waals surface area contributed by atoms with Crippen molar-refractivity contribution in [3.63, 3.8) is 0 Å². The van der Waals surface area contributed by atoms with Gasteiger partial charge in [-0.2, -0.15) is 5.26 Å². The zero-order valence-corrected chi connectivity index (χ0v) is 14.8. The molecule has 0 aliphatic carbocycles. The lowest BCUT2D eigenvalue weighted by Gasteiger charge is -2.18. The molecule has 0 atom stereocenters. The highest BCUT2D eigenvalue weighted by molar-refractivity contribution is 5.99. The lowest BCUT2D eigenvalue weighted by Crippen LogP contribution is -2.07. The number of nitrogens with zero attached hydrogens (tertiary/aromatic N) is 1. The van der Waals surface area contributed by atoms with Crippen LogP contribution in [-0.2, 0) is 16.0 Å². The third kappa shape index (κ3) is 3.48. The van der Waals surface area contributed by atoms with E-state index in [1.807, 2.05) is 13.0 Å². The lowest BCUT2D eigenvalue weighted by molar-refractivity contribution is -0.137. The number of hydrogen-bond acceptors (Lipinski definition) is 7. The van der Waals surface area contributed by atoms with Crippen LogP contribution in [0.4, 0.5) is 0 Å². The van der Waals surface area contributed by atoms with Gasteiger partial charge < -0.3 is 23.7 Å². The summed E-state index contributed by atoms with van der Waals surface area (Å²) in [5, 5.41) is 9.34. The lowest BCUT2D eigenvalue weighted by atomic mass is 9.97. The van der Waals surface area contributed by atoms with Gasteiger partial charge in [0, 0.05) is 11.1 Å². The average Bonchev–Trinajstić information content (AvgIpc) is 3.08. The number of esters is 1. The fourth-order valence-electron chi connectivity index (χ4n) is 2.69. The van der Waals surface area contributed by atoms with Crippen molar-refractivity contribution in [3.8, 4) is 29.1 Å². The van der Waals surface area contributed by atoms with Gasteiger partial charge in [-0.1, -0.05) is 13.3 Å². The predicted molar refractivity (Wildman–Crippen MR) is 89.9 cm³/mol. The van der Waals surface area contributed by atoms with Crippen molar-refractivity contribution in [1.82, 2.24) is 0 Å². The van der Waals surface area contributed by atoms with Gasteiger partial charge >= 0.3 is 5.97 Å². The molecule has 0 amide bonds. The van der Waals surface area contributed by atoms with Crippen LogP contribution in [-0.4, -0.2) is 33.6 Å². The maximum absolute atomic E-state index is 12.0. The molecule has 7 heteroatoms. The number of hydrogen-bond donors (Lipinski definition) is 0. The quantitative estimate of drug-likeness (QED) is 0.426. The van der Waals surface area contributed by atoms with Crippen LogP contribution in [0.25, 0.3) is 6.08 Å².